The Bertz CT molecular complexity index is 1490. The number of carbonyl (C=O) groups is 1. The van der Waals surface area contributed by atoms with E-state index < -0.39 is 17.2 Å². The van der Waals surface area contributed by atoms with Gasteiger partial charge in [0, 0.05) is 34.8 Å². The molecule has 0 saturated heterocycles. The minimum atomic E-state index is -0.922. The van der Waals surface area contributed by atoms with E-state index in [0.717, 1.165) is 22.4 Å². The van der Waals surface area contributed by atoms with Gasteiger partial charge in [0.25, 0.3) is 5.91 Å². The van der Waals surface area contributed by atoms with Crippen LogP contribution in [0, 0.1) is 0 Å². The van der Waals surface area contributed by atoms with Crippen LogP contribution in [0.3, 0.4) is 0 Å². The molecule has 1 atom stereocenters. The molecule has 2 aromatic heterocycles. The summed E-state index contributed by atoms with van der Waals surface area (Å²) in [6.07, 6.45) is 5.23. The molecule has 5 N–H and O–H groups in total. The maximum Gasteiger partial charge on any atom is 0.252 e. The van der Waals surface area contributed by atoms with E-state index in [-0.39, 0.29) is 12.5 Å². The van der Waals surface area contributed by atoms with E-state index in [4.69, 9.17) is 4.98 Å². The minimum Gasteiger partial charge on any atom is -0.394 e. The van der Waals surface area contributed by atoms with Crippen LogP contribution in [-0.4, -0.2) is 48.1 Å². The Kier molecular flexibility index (Phi) is 6.83. The highest BCUT2D eigenvalue weighted by Crippen LogP contribution is 2.34. The van der Waals surface area contributed by atoms with Crippen molar-refractivity contribution in [1.82, 2.24) is 25.1 Å². The maximum atomic E-state index is 12.3. The second-order valence-corrected chi connectivity index (χ2v) is 10.9. The van der Waals surface area contributed by atoms with Crippen LogP contribution in [-0.2, 0) is 12.1 Å². The number of hydrogen-bond acceptors (Lipinski definition) is 8. The fourth-order valence-corrected chi connectivity index (χ4v) is 4.72. The Labute approximate surface area is 227 Å². The Morgan fingerprint density at radius 2 is 1.87 bits per heavy atom. The molecule has 4 aromatic rings. The van der Waals surface area contributed by atoms with Gasteiger partial charge in [-0.25, -0.2) is 4.98 Å². The Hall–Kier alpha value is -4.28. The summed E-state index contributed by atoms with van der Waals surface area (Å²) in [5.74, 6) is 0.774. The molecule has 0 unspecified atom stereocenters. The first-order chi connectivity index (χ1) is 18.5. The summed E-state index contributed by atoms with van der Waals surface area (Å²) in [5, 5.41) is 34.4. The second kappa shape index (κ2) is 10.1. The van der Waals surface area contributed by atoms with Crippen LogP contribution in [0.2, 0.25) is 0 Å². The number of anilines is 3. The van der Waals surface area contributed by atoms with Crippen molar-refractivity contribution in [1.29, 1.82) is 0 Å². The molecule has 0 aliphatic carbocycles. The smallest absolute Gasteiger partial charge is 0.252 e. The first-order valence-corrected chi connectivity index (χ1v) is 12.8. The van der Waals surface area contributed by atoms with Crippen molar-refractivity contribution in [2.24, 2.45) is 0 Å². The second-order valence-electron chi connectivity index (χ2n) is 10.9. The fourth-order valence-electron chi connectivity index (χ4n) is 4.72. The zero-order valence-electron chi connectivity index (χ0n) is 22.4. The van der Waals surface area contributed by atoms with Gasteiger partial charge in [0.05, 0.1) is 36.5 Å². The average molecular weight is 528 g/mol. The van der Waals surface area contributed by atoms with E-state index in [1.165, 1.54) is 0 Å². The minimum absolute atomic E-state index is 0.0882. The summed E-state index contributed by atoms with van der Waals surface area (Å²) in [7, 11) is 0. The Morgan fingerprint density at radius 3 is 2.59 bits per heavy atom. The summed E-state index contributed by atoms with van der Waals surface area (Å²) in [4.78, 5) is 21.6. The number of rotatable bonds is 9. The summed E-state index contributed by atoms with van der Waals surface area (Å²) in [5.41, 5.74) is 3.27. The van der Waals surface area contributed by atoms with E-state index in [1.54, 1.807) is 37.0 Å². The number of aliphatic hydroxyl groups is 2. The van der Waals surface area contributed by atoms with Gasteiger partial charge in [-0.3, -0.25) is 9.48 Å². The highest BCUT2D eigenvalue weighted by atomic mass is 16.3. The molecule has 2 aromatic carbocycles. The van der Waals surface area contributed by atoms with Crippen molar-refractivity contribution in [2.75, 3.05) is 17.2 Å². The van der Waals surface area contributed by atoms with Crippen molar-refractivity contribution in [2.45, 2.75) is 51.4 Å². The van der Waals surface area contributed by atoms with Gasteiger partial charge in [-0.2, -0.15) is 10.1 Å². The lowest BCUT2D eigenvalue weighted by Gasteiger charge is -2.21. The zero-order chi connectivity index (χ0) is 27.8. The van der Waals surface area contributed by atoms with Crippen LogP contribution in [0.1, 0.15) is 55.2 Å². The molecule has 1 amide bonds. The molecule has 5 rings (SSSR count). The van der Waals surface area contributed by atoms with Crippen molar-refractivity contribution < 1.29 is 15.0 Å². The van der Waals surface area contributed by atoms with Gasteiger partial charge >= 0.3 is 0 Å². The summed E-state index contributed by atoms with van der Waals surface area (Å²) in [6, 6.07) is 14.8. The molecule has 1 aliphatic heterocycles. The fraction of sp³-hybridized carbons (Fsp3) is 0.310. The predicted octanol–water partition coefficient (Wildman–Crippen LogP) is 3.98. The van der Waals surface area contributed by atoms with E-state index in [9.17, 15) is 15.0 Å². The third kappa shape index (κ3) is 5.76. The molecular formula is C29H33N7O3. The Morgan fingerprint density at radius 1 is 1.10 bits per heavy atom. The summed E-state index contributed by atoms with van der Waals surface area (Å²) >= 11 is 0. The SMILES string of the molecule is CC(C)(O)Cn1cc(-c2cnc(Nc3ccc4c(c3)C(C)(C)NC4=O)nc2N[C@H](CO)c2ccccc2)cn1. The normalized spacial score (nSPS) is 15.0. The average Bonchev–Trinajstić information content (AvgIpc) is 3.42. The van der Waals surface area contributed by atoms with E-state index in [0.29, 0.717) is 29.4 Å². The predicted molar refractivity (Wildman–Crippen MR) is 150 cm³/mol. The van der Waals surface area contributed by atoms with Crippen LogP contribution in [0.15, 0.2) is 67.1 Å². The number of aliphatic hydroxyl groups excluding tert-OH is 1. The maximum absolute atomic E-state index is 12.3. The summed E-state index contributed by atoms with van der Waals surface area (Å²) < 4.78 is 1.67. The number of amides is 1. The molecule has 3 heterocycles. The molecule has 10 nitrogen and oxygen atoms in total. The first kappa shape index (κ1) is 26.3. The third-order valence-electron chi connectivity index (χ3n) is 6.60. The molecule has 0 radical (unpaired) electrons. The number of aromatic nitrogens is 4. The van der Waals surface area contributed by atoms with E-state index >= 15 is 0 Å². The number of fused-ring (bicyclic) bond motifs is 1. The van der Waals surface area contributed by atoms with Crippen LogP contribution >= 0.6 is 0 Å². The van der Waals surface area contributed by atoms with Crippen molar-refractivity contribution >= 4 is 23.4 Å². The topological polar surface area (TPSA) is 137 Å². The number of carbonyl (C=O) groups excluding carboxylic acids is 1. The van der Waals surface area contributed by atoms with Crippen LogP contribution in [0.4, 0.5) is 17.5 Å². The van der Waals surface area contributed by atoms with Gasteiger partial charge in [-0.1, -0.05) is 30.3 Å². The van der Waals surface area contributed by atoms with Crippen LogP contribution in [0.25, 0.3) is 11.1 Å². The van der Waals surface area contributed by atoms with Crippen molar-refractivity contribution in [3.8, 4) is 11.1 Å². The van der Waals surface area contributed by atoms with E-state index in [2.05, 4.69) is 26.0 Å². The molecule has 0 fully saturated rings. The van der Waals surface area contributed by atoms with Gasteiger partial charge in [-0.05, 0) is 57.0 Å². The number of hydrogen-bond donors (Lipinski definition) is 5. The van der Waals surface area contributed by atoms with Crippen LogP contribution in [0.5, 0.6) is 0 Å². The lowest BCUT2D eigenvalue weighted by molar-refractivity contribution is 0.0577. The van der Waals surface area contributed by atoms with Gasteiger partial charge in [0.1, 0.15) is 5.82 Å². The zero-order valence-corrected chi connectivity index (χ0v) is 22.4. The van der Waals surface area contributed by atoms with Gasteiger partial charge in [0.15, 0.2) is 0 Å². The quantitative estimate of drug-likeness (QED) is 0.220. The van der Waals surface area contributed by atoms with Gasteiger partial charge in [0.2, 0.25) is 5.95 Å². The molecule has 10 heteroatoms. The molecule has 0 spiro atoms. The van der Waals surface area contributed by atoms with E-state index in [1.807, 2.05) is 62.5 Å². The lowest BCUT2D eigenvalue weighted by atomic mass is 9.94. The monoisotopic (exact) mass is 527 g/mol. The molecular weight excluding hydrogens is 494 g/mol. The van der Waals surface area contributed by atoms with Crippen LogP contribution < -0.4 is 16.0 Å². The third-order valence-corrected chi connectivity index (χ3v) is 6.60. The largest absolute Gasteiger partial charge is 0.394 e. The van der Waals surface area contributed by atoms with Crippen molar-refractivity contribution in [3.63, 3.8) is 0 Å². The van der Waals surface area contributed by atoms with Gasteiger partial charge in [-0.15, -0.1) is 0 Å². The summed E-state index contributed by atoms with van der Waals surface area (Å²) in [6.45, 7) is 7.56. The van der Waals surface area contributed by atoms with Crippen molar-refractivity contribution in [3.05, 3.63) is 83.8 Å². The highest BCUT2D eigenvalue weighted by molar-refractivity contribution is 6.00. The standard InChI is InChI=1S/C29H33N7O3/c1-28(2,39)17-36-15-19(13-31-36)22-14-30-27(34-25(22)33-24(16-37)18-8-6-5-7-9-18)32-20-10-11-21-23(12-20)29(3,4)35-26(21)38/h5-15,24,37,39H,16-17H2,1-4H3,(H,35,38)(H2,30,32,33,34)/t24-/m1/s1. The number of benzene rings is 2. The molecule has 0 saturated carbocycles. The number of nitrogens with one attached hydrogen (secondary N) is 3. The van der Waals surface area contributed by atoms with Gasteiger partial charge < -0.3 is 26.2 Å². The lowest BCUT2D eigenvalue weighted by Crippen LogP contribution is -2.32. The molecule has 0 bridgehead atoms. The number of nitrogens with zero attached hydrogens (tertiary/aromatic N) is 4. The first-order valence-electron chi connectivity index (χ1n) is 12.8. The molecule has 202 valence electrons. The molecule has 1 aliphatic rings. The Balaban J connectivity index is 1.50. The molecule has 39 heavy (non-hydrogen) atoms. The highest BCUT2D eigenvalue weighted by Gasteiger charge is 2.35.